The van der Waals surface area contributed by atoms with E-state index in [1.165, 1.54) is 0 Å². The fourth-order valence-corrected chi connectivity index (χ4v) is 1.92. The van der Waals surface area contributed by atoms with Crippen LogP contribution in [-0.2, 0) is 4.79 Å². The molecule has 0 aliphatic rings. The van der Waals surface area contributed by atoms with E-state index >= 15 is 0 Å². The third-order valence-corrected chi connectivity index (χ3v) is 3.67. The minimum Gasteiger partial charge on any atom is -0.481 e. The first-order valence-corrected chi connectivity index (χ1v) is 8.99. The van der Waals surface area contributed by atoms with Crippen molar-refractivity contribution in [2.24, 2.45) is 5.41 Å². The van der Waals surface area contributed by atoms with Gasteiger partial charge in [0.25, 0.3) is 0 Å². The van der Waals surface area contributed by atoms with Gasteiger partial charge in [-0.05, 0) is 58.8 Å². The Morgan fingerprint density at radius 1 is 0.750 bits per heavy atom. The highest BCUT2D eigenvalue weighted by Crippen LogP contribution is 2.22. The summed E-state index contributed by atoms with van der Waals surface area (Å²) in [6, 6.07) is 0. The smallest absolute Gasteiger partial charge is 0.309 e. The largest absolute Gasteiger partial charge is 0.481 e. The maximum Gasteiger partial charge on any atom is 0.309 e. The minimum absolute atomic E-state index is 0.633. The lowest BCUT2D eigenvalue weighted by Crippen LogP contribution is -2.22. The standard InChI is InChI=1S/C22H34O2/c1-4-5-6-7-8-9-10-11-12-13-14-15-16-17-18-19-20-22(2,3)21(23)24/h5-6,8-9,11-12,14-15,17-18H,4,7,10,13,16,19-20H2,1-3H3,(H,23,24)/b6-5+,9-8+,12-11+,15-14+,18-17+. The summed E-state index contributed by atoms with van der Waals surface area (Å²) in [7, 11) is 0. The van der Waals surface area contributed by atoms with Gasteiger partial charge in [-0.25, -0.2) is 0 Å². The summed E-state index contributed by atoms with van der Waals surface area (Å²) < 4.78 is 0. The van der Waals surface area contributed by atoms with Crippen molar-refractivity contribution in [2.75, 3.05) is 0 Å². The van der Waals surface area contributed by atoms with Gasteiger partial charge in [0.2, 0.25) is 0 Å². The van der Waals surface area contributed by atoms with Crippen molar-refractivity contribution < 1.29 is 9.90 Å². The Labute approximate surface area is 148 Å². The van der Waals surface area contributed by atoms with E-state index in [-0.39, 0.29) is 0 Å². The van der Waals surface area contributed by atoms with Gasteiger partial charge in [-0.3, -0.25) is 4.79 Å². The van der Waals surface area contributed by atoms with Gasteiger partial charge in [-0.2, -0.15) is 0 Å². The van der Waals surface area contributed by atoms with E-state index in [0.717, 1.165) is 38.5 Å². The number of carboxylic acids is 1. The molecule has 0 aromatic heterocycles. The van der Waals surface area contributed by atoms with E-state index in [0.29, 0.717) is 6.42 Å². The Balaban J connectivity index is 3.65. The van der Waals surface area contributed by atoms with Crippen LogP contribution in [0.4, 0.5) is 0 Å². The van der Waals surface area contributed by atoms with Crippen LogP contribution < -0.4 is 0 Å². The lowest BCUT2D eigenvalue weighted by Gasteiger charge is -2.17. The van der Waals surface area contributed by atoms with Gasteiger partial charge in [0.15, 0.2) is 0 Å². The van der Waals surface area contributed by atoms with Gasteiger partial charge >= 0.3 is 5.97 Å². The Bertz CT molecular complexity index is 462. The predicted molar refractivity (Wildman–Crippen MR) is 105 cm³/mol. The summed E-state index contributed by atoms with van der Waals surface area (Å²) in [5, 5.41) is 9.02. The molecule has 0 heterocycles. The van der Waals surface area contributed by atoms with E-state index in [9.17, 15) is 4.79 Å². The molecule has 0 bridgehead atoms. The Kier molecular flexibility index (Phi) is 13.6. The summed E-state index contributed by atoms with van der Waals surface area (Å²) in [6.45, 7) is 5.69. The second kappa shape index (κ2) is 14.7. The van der Waals surface area contributed by atoms with Crippen LogP contribution in [-0.4, -0.2) is 11.1 Å². The highest BCUT2D eigenvalue weighted by atomic mass is 16.4. The predicted octanol–water partition coefficient (Wildman–Crippen LogP) is 6.63. The van der Waals surface area contributed by atoms with Crippen LogP contribution in [0.2, 0.25) is 0 Å². The fraction of sp³-hybridized carbons (Fsp3) is 0.500. The van der Waals surface area contributed by atoms with Crippen molar-refractivity contribution in [3.63, 3.8) is 0 Å². The maximum absolute atomic E-state index is 11.0. The minimum atomic E-state index is -0.727. The normalized spacial score (nSPS) is 13.5. The molecule has 0 atom stereocenters. The van der Waals surface area contributed by atoms with Crippen molar-refractivity contribution >= 4 is 5.97 Å². The number of aliphatic carboxylic acids is 1. The first-order valence-electron chi connectivity index (χ1n) is 8.99. The van der Waals surface area contributed by atoms with Gasteiger partial charge in [0.05, 0.1) is 5.41 Å². The zero-order chi connectivity index (χ0) is 18.1. The van der Waals surface area contributed by atoms with E-state index in [1.807, 2.05) is 0 Å². The number of carboxylic acid groups (broad SMARTS) is 1. The van der Waals surface area contributed by atoms with Crippen molar-refractivity contribution in [1.82, 2.24) is 0 Å². The molecule has 0 aliphatic heterocycles. The molecule has 0 saturated heterocycles. The molecule has 0 radical (unpaired) electrons. The molecule has 0 aromatic rings. The lowest BCUT2D eigenvalue weighted by molar-refractivity contribution is -0.147. The first-order chi connectivity index (χ1) is 11.5. The van der Waals surface area contributed by atoms with Crippen LogP contribution in [0.25, 0.3) is 0 Å². The topological polar surface area (TPSA) is 37.3 Å². The van der Waals surface area contributed by atoms with Gasteiger partial charge in [0.1, 0.15) is 0 Å². The molecule has 0 aromatic carbocycles. The molecule has 24 heavy (non-hydrogen) atoms. The zero-order valence-electron chi connectivity index (χ0n) is 15.6. The third kappa shape index (κ3) is 13.8. The van der Waals surface area contributed by atoms with Crippen LogP contribution in [0, 0.1) is 5.41 Å². The summed E-state index contributed by atoms with van der Waals surface area (Å²) in [6.07, 6.45) is 28.1. The summed E-state index contributed by atoms with van der Waals surface area (Å²) >= 11 is 0. The molecular weight excluding hydrogens is 296 g/mol. The Morgan fingerprint density at radius 3 is 1.50 bits per heavy atom. The molecule has 2 nitrogen and oxygen atoms in total. The molecule has 0 spiro atoms. The quantitative estimate of drug-likeness (QED) is 0.385. The fourth-order valence-electron chi connectivity index (χ4n) is 1.92. The lowest BCUT2D eigenvalue weighted by atomic mass is 9.88. The number of rotatable bonds is 13. The van der Waals surface area contributed by atoms with Crippen LogP contribution >= 0.6 is 0 Å². The average molecular weight is 331 g/mol. The average Bonchev–Trinajstić information content (AvgIpc) is 2.54. The van der Waals surface area contributed by atoms with Crippen molar-refractivity contribution in [1.29, 1.82) is 0 Å². The molecular formula is C22H34O2. The van der Waals surface area contributed by atoms with Gasteiger partial charge in [-0.1, -0.05) is 67.7 Å². The van der Waals surface area contributed by atoms with Gasteiger partial charge < -0.3 is 5.11 Å². The van der Waals surface area contributed by atoms with Crippen molar-refractivity contribution in [3.05, 3.63) is 60.8 Å². The molecule has 0 amide bonds. The van der Waals surface area contributed by atoms with Gasteiger partial charge in [0, 0.05) is 0 Å². The van der Waals surface area contributed by atoms with E-state index < -0.39 is 11.4 Å². The number of hydrogen-bond donors (Lipinski definition) is 1. The molecule has 0 unspecified atom stereocenters. The van der Waals surface area contributed by atoms with Gasteiger partial charge in [-0.15, -0.1) is 0 Å². The SMILES string of the molecule is CC/C=C/C/C=C/C/C=C/C/C=C/C/C=C/CCC(C)(C)C(=O)O. The summed E-state index contributed by atoms with van der Waals surface area (Å²) in [5.74, 6) is -0.727. The monoisotopic (exact) mass is 330 g/mol. The van der Waals surface area contributed by atoms with Crippen molar-refractivity contribution in [3.8, 4) is 0 Å². The summed E-state index contributed by atoms with van der Waals surface area (Å²) in [4.78, 5) is 11.0. The number of carbonyl (C=O) groups is 1. The van der Waals surface area contributed by atoms with E-state index in [1.54, 1.807) is 13.8 Å². The van der Waals surface area contributed by atoms with Crippen LogP contribution in [0.1, 0.15) is 65.7 Å². The highest BCUT2D eigenvalue weighted by Gasteiger charge is 2.25. The second-order valence-electron chi connectivity index (χ2n) is 6.44. The van der Waals surface area contributed by atoms with Crippen LogP contribution in [0.3, 0.4) is 0 Å². The molecule has 2 heteroatoms. The molecule has 0 saturated carbocycles. The van der Waals surface area contributed by atoms with Crippen LogP contribution in [0.15, 0.2) is 60.8 Å². The number of hydrogen-bond acceptors (Lipinski definition) is 1. The highest BCUT2D eigenvalue weighted by molar-refractivity contribution is 5.73. The van der Waals surface area contributed by atoms with Crippen LogP contribution in [0.5, 0.6) is 0 Å². The molecule has 0 fully saturated rings. The Hall–Kier alpha value is -1.83. The number of allylic oxidation sites excluding steroid dienone is 10. The van der Waals surface area contributed by atoms with E-state index in [2.05, 4.69) is 67.7 Å². The molecule has 0 aliphatic carbocycles. The summed E-state index contributed by atoms with van der Waals surface area (Å²) in [5.41, 5.74) is -0.633. The Morgan fingerprint density at radius 2 is 1.12 bits per heavy atom. The third-order valence-electron chi connectivity index (χ3n) is 3.67. The first kappa shape index (κ1) is 22.2. The molecule has 1 N–H and O–H groups in total. The maximum atomic E-state index is 11.0. The van der Waals surface area contributed by atoms with Crippen molar-refractivity contribution in [2.45, 2.75) is 65.7 Å². The zero-order valence-corrected chi connectivity index (χ0v) is 15.6. The van der Waals surface area contributed by atoms with E-state index in [4.69, 9.17) is 5.11 Å². The molecule has 134 valence electrons. The molecule has 0 rings (SSSR count). The second-order valence-corrected chi connectivity index (χ2v) is 6.44.